The van der Waals surface area contributed by atoms with E-state index in [-0.39, 0.29) is 17.9 Å². The molecular formula is C18H23NO3. The molecule has 4 heteroatoms. The van der Waals surface area contributed by atoms with Crippen molar-refractivity contribution in [3.8, 4) is 0 Å². The number of nitrogens with one attached hydrogen (secondary N) is 1. The van der Waals surface area contributed by atoms with Crippen molar-refractivity contribution in [2.75, 3.05) is 6.54 Å². The summed E-state index contributed by atoms with van der Waals surface area (Å²) in [6.07, 6.45) is 5.63. The number of rotatable bonds is 8. The summed E-state index contributed by atoms with van der Waals surface area (Å²) in [5.74, 6) is -1.51. The van der Waals surface area contributed by atoms with Crippen molar-refractivity contribution in [3.63, 3.8) is 0 Å². The number of carbonyl (C=O) groups excluding carboxylic acids is 1. The van der Waals surface area contributed by atoms with E-state index in [0.29, 0.717) is 12.8 Å². The van der Waals surface area contributed by atoms with Gasteiger partial charge in [-0.1, -0.05) is 42.8 Å². The summed E-state index contributed by atoms with van der Waals surface area (Å²) < 4.78 is 0. The average Bonchev–Trinajstić information content (AvgIpc) is 2.47. The zero-order chi connectivity index (χ0) is 16.0. The number of carboxylic acids is 1. The lowest BCUT2D eigenvalue weighted by Gasteiger charge is -2.39. The average molecular weight is 301 g/mol. The predicted molar refractivity (Wildman–Crippen MR) is 85.4 cm³/mol. The first-order valence-electron chi connectivity index (χ1n) is 7.73. The van der Waals surface area contributed by atoms with Gasteiger partial charge in [-0.05, 0) is 31.2 Å². The van der Waals surface area contributed by atoms with Crippen LogP contribution in [-0.4, -0.2) is 23.5 Å². The molecule has 1 fully saturated rings. The molecular weight excluding hydrogens is 278 g/mol. The molecule has 2 N–H and O–H groups in total. The van der Waals surface area contributed by atoms with Gasteiger partial charge in [-0.3, -0.25) is 9.59 Å². The van der Waals surface area contributed by atoms with Crippen LogP contribution in [0.3, 0.4) is 0 Å². The van der Waals surface area contributed by atoms with E-state index in [0.717, 1.165) is 24.8 Å². The highest BCUT2D eigenvalue weighted by Crippen LogP contribution is 2.44. The molecule has 1 atom stereocenters. The fourth-order valence-electron chi connectivity index (χ4n) is 2.95. The van der Waals surface area contributed by atoms with Crippen molar-refractivity contribution in [1.82, 2.24) is 5.32 Å². The van der Waals surface area contributed by atoms with Crippen molar-refractivity contribution in [1.29, 1.82) is 0 Å². The minimum atomic E-state index is -0.879. The maximum absolute atomic E-state index is 12.4. The minimum Gasteiger partial charge on any atom is -0.481 e. The van der Waals surface area contributed by atoms with Crippen LogP contribution in [0, 0.1) is 11.3 Å². The number of amides is 1. The monoisotopic (exact) mass is 301 g/mol. The van der Waals surface area contributed by atoms with E-state index in [1.807, 2.05) is 30.3 Å². The smallest absolute Gasteiger partial charge is 0.308 e. The van der Waals surface area contributed by atoms with Crippen molar-refractivity contribution in [2.24, 2.45) is 11.3 Å². The number of carboxylic acid groups (broad SMARTS) is 1. The highest BCUT2D eigenvalue weighted by Gasteiger charge is 2.42. The van der Waals surface area contributed by atoms with Crippen LogP contribution in [0.4, 0.5) is 0 Å². The third kappa shape index (κ3) is 3.75. The fraction of sp³-hybridized carbons (Fsp3) is 0.444. The number of hydrogen-bond donors (Lipinski definition) is 2. The van der Waals surface area contributed by atoms with Crippen molar-refractivity contribution >= 4 is 11.9 Å². The lowest BCUT2D eigenvalue weighted by molar-refractivity contribution is -0.142. The Morgan fingerprint density at radius 2 is 2.00 bits per heavy atom. The van der Waals surface area contributed by atoms with Crippen LogP contribution in [0.2, 0.25) is 0 Å². The number of aliphatic carboxylic acids is 1. The van der Waals surface area contributed by atoms with E-state index < -0.39 is 11.9 Å². The molecule has 0 radical (unpaired) electrons. The number of carbonyl (C=O) groups is 2. The van der Waals surface area contributed by atoms with Crippen LogP contribution in [-0.2, 0) is 16.0 Å². The zero-order valence-electron chi connectivity index (χ0n) is 12.8. The van der Waals surface area contributed by atoms with E-state index in [2.05, 4.69) is 11.9 Å². The molecule has 0 aromatic heterocycles. The Morgan fingerprint density at radius 1 is 1.32 bits per heavy atom. The SMILES string of the molecule is C=CCC1(C(=O)NCC(Cc2ccccc2)C(=O)O)CCC1. The Balaban J connectivity index is 1.93. The van der Waals surface area contributed by atoms with Gasteiger partial charge in [0.1, 0.15) is 0 Å². The van der Waals surface area contributed by atoms with E-state index in [9.17, 15) is 14.7 Å². The molecule has 0 spiro atoms. The molecule has 0 aliphatic heterocycles. The van der Waals surface area contributed by atoms with Crippen LogP contribution in [0.25, 0.3) is 0 Å². The molecule has 2 rings (SSSR count). The van der Waals surface area contributed by atoms with Gasteiger partial charge in [-0.2, -0.15) is 0 Å². The first kappa shape index (κ1) is 16.3. The Labute approximate surface area is 131 Å². The maximum Gasteiger partial charge on any atom is 0.308 e. The first-order chi connectivity index (χ1) is 10.6. The molecule has 1 aliphatic rings. The lowest BCUT2D eigenvalue weighted by Crippen LogP contribution is -2.47. The number of hydrogen-bond acceptors (Lipinski definition) is 2. The maximum atomic E-state index is 12.4. The summed E-state index contributed by atoms with van der Waals surface area (Å²) in [5, 5.41) is 12.2. The zero-order valence-corrected chi connectivity index (χ0v) is 12.8. The first-order valence-corrected chi connectivity index (χ1v) is 7.73. The standard InChI is InChI=1S/C18H23NO3/c1-2-9-18(10-6-11-18)17(22)19-13-15(16(20)21)12-14-7-4-3-5-8-14/h2-5,7-8,15H,1,6,9-13H2,(H,19,22)(H,20,21). The summed E-state index contributed by atoms with van der Waals surface area (Å²) in [7, 11) is 0. The molecule has 1 amide bonds. The second kappa shape index (κ2) is 7.25. The topological polar surface area (TPSA) is 66.4 Å². The summed E-state index contributed by atoms with van der Waals surface area (Å²) in [5.41, 5.74) is 0.617. The van der Waals surface area contributed by atoms with Crippen LogP contribution >= 0.6 is 0 Å². The summed E-state index contributed by atoms with van der Waals surface area (Å²) >= 11 is 0. The highest BCUT2D eigenvalue weighted by atomic mass is 16.4. The normalized spacial score (nSPS) is 17.1. The Kier molecular flexibility index (Phi) is 5.36. The molecule has 118 valence electrons. The third-order valence-electron chi connectivity index (χ3n) is 4.51. The van der Waals surface area contributed by atoms with E-state index in [1.165, 1.54) is 0 Å². The molecule has 1 unspecified atom stereocenters. The molecule has 1 saturated carbocycles. The quantitative estimate of drug-likeness (QED) is 0.726. The van der Waals surface area contributed by atoms with Gasteiger partial charge < -0.3 is 10.4 Å². The molecule has 0 bridgehead atoms. The lowest BCUT2D eigenvalue weighted by atomic mass is 9.66. The Morgan fingerprint density at radius 3 is 2.50 bits per heavy atom. The molecule has 1 aromatic rings. The number of benzene rings is 1. The summed E-state index contributed by atoms with van der Waals surface area (Å²) in [4.78, 5) is 23.8. The van der Waals surface area contributed by atoms with Gasteiger partial charge in [0.15, 0.2) is 0 Å². The summed E-state index contributed by atoms with van der Waals surface area (Å²) in [6, 6.07) is 9.49. The Hall–Kier alpha value is -2.10. The number of allylic oxidation sites excluding steroid dienone is 1. The van der Waals surface area contributed by atoms with Crippen LogP contribution in [0.15, 0.2) is 43.0 Å². The molecule has 1 aliphatic carbocycles. The molecule has 4 nitrogen and oxygen atoms in total. The second-order valence-electron chi connectivity index (χ2n) is 6.06. The van der Waals surface area contributed by atoms with Gasteiger partial charge >= 0.3 is 5.97 Å². The minimum absolute atomic E-state index is 0.0297. The van der Waals surface area contributed by atoms with Gasteiger partial charge in [0.05, 0.1) is 11.3 Å². The highest BCUT2D eigenvalue weighted by molar-refractivity contribution is 5.84. The van der Waals surface area contributed by atoms with Crippen LogP contribution < -0.4 is 5.32 Å². The van der Waals surface area contributed by atoms with Crippen LogP contribution in [0.5, 0.6) is 0 Å². The Bertz CT molecular complexity index is 535. The van der Waals surface area contributed by atoms with E-state index in [1.54, 1.807) is 6.08 Å². The second-order valence-corrected chi connectivity index (χ2v) is 6.06. The predicted octanol–water partition coefficient (Wildman–Crippen LogP) is 2.79. The van der Waals surface area contributed by atoms with Gasteiger partial charge in [0.2, 0.25) is 5.91 Å². The molecule has 0 heterocycles. The van der Waals surface area contributed by atoms with Gasteiger partial charge in [-0.25, -0.2) is 0 Å². The fourth-order valence-corrected chi connectivity index (χ4v) is 2.95. The molecule has 22 heavy (non-hydrogen) atoms. The van der Waals surface area contributed by atoms with E-state index >= 15 is 0 Å². The van der Waals surface area contributed by atoms with Crippen molar-refractivity contribution in [3.05, 3.63) is 48.6 Å². The molecule has 1 aromatic carbocycles. The third-order valence-corrected chi connectivity index (χ3v) is 4.51. The van der Waals surface area contributed by atoms with Gasteiger partial charge in [-0.15, -0.1) is 6.58 Å². The van der Waals surface area contributed by atoms with Crippen molar-refractivity contribution in [2.45, 2.75) is 32.1 Å². The van der Waals surface area contributed by atoms with Crippen molar-refractivity contribution < 1.29 is 14.7 Å². The van der Waals surface area contributed by atoms with Gasteiger partial charge in [0.25, 0.3) is 0 Å². The largest absolute Gasteiger partial charge is 0.481 e. The van der Waals surface area contributed by atoms with Gasteiger partial charge in [0, 0.05) is 6.54 Å². The molecule has 0 saturated heterocycles. The van der Waals surface area contributed by atoms with E-state index in [4.69, 9.17) is 0 Å². The van der Waals surface area contributed by atoms with Crippen LogP contribution in [0.1, 0.15) is 31.2 Å². The summed E-state index contributed by atoms with van der Waals surface area (Å²) in [6.45, 7) is 3.88.